The van der Waals surface area contributed by atoms with Crippen molar-refractivity contribution in [2.24, 2.45) is 0 Å². The number of rotatable bonds is 5. The average Bonchev–Trinajstić information content (AvgIpc) is 2.69. The van der Waals surface area contributed by atoms with E-state index >= 15 is 0 Å². The molecule has 0 aliphatic carbocycles. The van der Waals surface area contributed by atoms with Crippen LogP contribution in [-0.4, -0.2) is 48.2 Å². The number of anilines is 1. The molecule has 2 aromatic carbocycles. The molecular weight excluding hydrogens is 354 g/mol. The Labute approximate surface area is 168 Å². The molecular formula is C22H29N3OS. The fraction of sp³-hybridized carbons (Fsp3) is 0.409. The Morgan fingerprint density at radius 2 is 1.78 bits per heavy atom. The molecule has 4 nitrogen and oxygen atoms in total. The third kappa shape index (κ3) is 5.44. The van der Waals surface area contributed by atoms with Crippen molar-refractivity contribution in [2.45, 2.75) is 26.3 Å². The van der Waals surface area contributed by atoms with Gasteiger partial charge in [0.1, 0.15) is 5.75 Å². The van der Waals surface area contributed by atoms with E-state index < -0.39 is 0 Å². The minimum absolute atomic E-state index is 0.545. The van der Waals surface area contributed by atoms with E-state index in [1.165, 1.54) is 11.1 Å². The van der Waals surface area contributed by atoms with Gasteiger partial charge in [0, 0.05) is 38.4 Å². The summed E-state index contributed by atoms with van der Waals surface area (Å²) in [5.74, 6) is 1.46. The zero-order valence-corrected chi connectivity index (χ0v) is 17.3. The number of piperazine rings is 1. The van der Waals surface area contributed by atoms with Gasteiger partial charge in [0.05, 0.1) is 7.11 Å². The van der Waals surface area contributed by atoms with Gasteiger partial charge in [0.25, 0.3) is 0 Å². The molecule has 144 valence electrons. The van der Waals surface area contributed by atoms with Gasteiger partial charge in [0.2, 0.25) is 0 Å². The van der Waals surface area contributed by atoms with Crippen LogP contribution in [0.15, 0.2) is 48.5 Å². The highest BCUT2D eigenvalue weighted by atomic mass is 32.1. The Kier molecular flexibility index (Phi) is 6.69. The minimum Gasteiger partial charge on any atom is -0.497 e. The van der Waals surface area contributed by atoms with Crippen molar-refractivity contribution in [1.29, 1.82) is 0 Å². The van der Waals surface area contributed by atoms with Crippen molar-refractivity contribution in [3.63, 3.8) is 0 Å². The molecule has 0 bridgehead atoms. The molecule has 0 unspecified atom stereocenters. The summed E-state index contributed by atoms with van der Waals surface area (Å²) < 4.78 is 5.32. The van der Waals surface area contributed by atoms with Crippen LogP contribution in [-0.2, 0) is 6.54 Å². The number of methoxy groups -OCH3 is 1. The van der Waals surface area contributed by atoms with Crippen molar-refractivity contribution in [3.05, 3.63) is 59.7 Å². The molecule has 27 heavy (non-hydrogen) atoms. The number of hydrogen-bond donors (Lipinski definition) is 1. The Bertz CT molecular complexity index is 752. The summed E-state index contributed by atoms with van der Waals surface area (Å²) in [5, 5.41) is 4.19. The molecule has 5 heteroatoms. The molecule has 0 spiro atoms. The maximum atomic E-state index is 5.62. The standard InChI is InChI=1S/C22H29N3OS/c1-17(2)19-7-9-20(10-8-19)23-22(27)25-13-11-24(12-14-25)16-18-5-4-6-21(15-18)26-3/h4-10,15,17H,11-14,16H2,1-3H3,(H,23,27). The van der Waals surface area contributed by atoms with E-state index in [0.29, 0.717) is 5.92 Å². The lowest BCUT2D eigenvalue weighted by Crippen LogP contribution is -2.49. The van der Waals surface area contributed by atoms with E-state index in [1.54, 1.807) is 7.11 Å². The monoisotopic (exact) mass is 383 g/mol. The van der Waals surface area contributed by atoms with Gasteiger partial charge in [-0.2, -0.15) is 0 Å². The van der Waals surface area contributed by atoms with E-state index in [0.717, 1.165) is 49.3 Å². The first-order valence-electron chi connectivity index (χ1n) is 9.56. The van der Waals surface area contributed by atoms with E-state index in [4.69, 9.17) is 17.0 Å². The van der Waals surface area contributed by atoms with Crippen LogP contribution >= 0.6 is 12.2 Å². The van der Waals surface area contributed by atoms with Crippen LogP contribution in [0.4, 0.5) is 5.69 Å². The SMILES string of the molecule is COc1cccc(CN2CCN(C(=S)Nc3ccc(C(C)C)cc3)CC2)c1. The highest BCUT2D eigenvalue weighted by Crippen LogP contribution is 2.18. The van der Waals surface area contributed by atoms with Crippen molar-refractivity contribution < 1.29 is 4.74 Å². The second-order valence-electron chi connectivity index (χ2n) is 7.32. The molecule has 0 aromatic heterocycles. The van der Waals surface area contributed by atoms with Crippen LogP contribution in [0.2, 0.25) is 0 Å². The number of thiocarbonyl (C=S) groups is 1. The molecule has 1 fully saturated rings. The molecule has 3 rings (SSSR count). The highest BCUT2D eigenvalue weighted by molar-refractivity contribution is 7.80. The van der Waals surface area contributed by atoms with Crippen molar-refractivity contribution in [3.8, 4) is 5.75 Å². The molecule has 1 saturated heterocycles. The van der Waals surface area contributed by atoms with Crippen LogP contribution in [0, 0.1) is 0 Å². The van der Waals surface area contributed by atoms with Gasteiger partial charge in [-0.05, 0) is 53.5 Å². The zero-order valence-electron chi connectivity index (χ0n) is 16.4. The topological polar surface area (TPSA) is 27.7 Å². The summed E-state index contributed by atoms with van der Waals surface area (Å²) in [6, 6.07) is 16.9. The zero-order chi connectivity index (χ0) is 19.2. The summed E-state index contributed by atoms with van der Waals surface area (Å²) in [6.45, 7) is 9.26. The number of nitrogens with one attached hydrogen (secondary N) is 1. The van der Waals surface area contributed by atoms with E-state index in [-0.39, 0.29) is 0 Å². The van der Waals surface area contributed by atoms with Crippen LogP contribution in [0.25, 0.3) is 0 Å². The van der Waals surface area contributed by atoms with Crippen LogP contribution in [0.5, 0.6) is 5.75 Å². The summed E-state index contributed by atoms with van der Waals surface area (Å²) in [6.07, 6.45) is 0. The van der Waals surface area contributed by atoms with E-state index in [1.807, 2.05) is 12.1 Å². The van der Waals surface area contributed by atoms with Crippen molar-refractivity contribution in [1.82, 2.24) is 9.80 Å². The predicted octanol–water partition coefficient (Wildman–Crippen LogP) is 4.33. The van der Waals surface area contributed by atoms with Crippen molar-refractivity contribution in [2.75, 3.05) is 38.6 Å². The highest BCUT2D eigenvalue weighted by Gasteiger charge is 2.19. The molecule has 2 aromatic rings. The van der Waals surface area contributed by atoms with Crippen LogP contribution < -0.4 is 10.1 Å². The molecule has 0 amide bonds. The van der Waals surface area contributed by atoms with Gasteiger partial charge in [-0.1, -0.05) is 38.1 Å². The quantitative estimate of drug-likeness (QED) is 0.776. The molecule has 0 atom stereocenters. The maximum Gasteiger partial charge on any atom is 0.173 e. The normalized spacial score (nSPS) is 15.0. The molecule has 0 radical (unpaired) electrons. The Balaban J connectivity index is 1.48. The van der Waals surface area contributed by atoms with Gasteiger partial charge in [-0.3, -0.25) is 4.90 Å². The lowest BCUT2D eigenvalue weighted by molar-refractivity contribution is 0.177. The molecule has 1 N–H and O–H groups in total. The molecule has 1 aliphatic rings. The fourth-order valence-corrected chi connectivity index (χ4v) is 3.59. The van der Waals surface area contributed by atoms with E-state index in [2.05, 4.69) is 65.4 Å². The van der Waals surface area contributed by atoms with E-state index in [9.17, 15) is 0 Å². The Morgan fingerprint density at radius 1 is 1.07 bits per heavy atom. The smallest absolute Gasteiger partial charge is 0.173 e. The lowest BCUT2D eigenvalue weighted by atomic mass is 10.0. The fourth-order valence-electron chi connectivity index (χ4n) is 3.29. The summed E-state index contributed by atoms with van der Waals surface area (Å²) in [4.78, 5) is 4.72. The van der Waals surface area contributed by atoms with Crippen LogP contribution in [0.3, 0.4) is 0 Å². The van der Waals surface area contributed by atoms with Crippen molar-refractivity contribution >= 4 is 23.0 Å². The Hall–Kier alpha value is -2.11. The van der Waals surface area contributed by atoms with Crippen LogP contribution in [0.1, 0.15) is 30.9 Å². The number of ether oxygens (including phenoxy) is 1. The van der Waals surface area contributed by atoms with Gasteiger partial charge in [-0.25, -0.2) is 0 Å². The average molecular weight is 384 g/mol. The lowest BCUT2D eigenvalue weighted by Gasteiger charge is -2.36. The summed E-state index contributed by atoms with van der Waals surface area (Å²) in [7, 11) is 1.71. The largest absolute Gasteiger partial charge is 0.497 e. The summed E-state index contributed by atoms with van der Waals surface area (Å²) in [5.41, 5.74) is 3.69. The molecule has 1 aliphatic heterocycles. The number of hydrogen-bond acceptors (Lipinski definition) is 3. The third-order valence-corrected chi connectivity index (χ3v) is 5.39. The van der Waals surface area contributed by atoms with Gasteiger partial charge in [-0.15, -0.1) is 0 Å². The number of nitrogens with zero attached hydrogens (tertiary/aromatic N) is 2. The first kappa shape index (κ1) is 19.6. The minimum atomic E-state index is 0.545. The molecule has 0 saturated carbocycles. The predicted molar refractivity (Wildman–Crippen MR) is 117 cm³/mol. The second kappa shape index (κ2) is 9.20. The second-order valence-corrected chi connectivity index (χ2v) is 7.71. The Morgan fingerprint density at radius 3 is 2.41 bits per heavy atom. The maximum absolute atomic E-state index is 5.62. The van der Waals surface area contributed by atoms with Gasteiger partial charge >= 0.3 is 0 Å². The van der Waals surface area contributed by atoms with Gasteiger partial charge < -0.3 is 15.0 Å². The first-order chi connectivity index (χ1) is 13.0. The molecule has 1 heterocycles. The number of benzene rings is 2. The third-order valence-electron chi connectivity index (χ3n) is 5.03. The summed E-state index contributed by atoms with van der Waals surface area (Å²) >= 11 is 5.62. The van der Waals surface area contributed by atoms with Gasteiger partial charge in [0.15, 0.2) is 5.11 Å². The first-order valence-corrected chi connectivity index (χ1v) is 9.97.